The third-order valence-corrected chi connectivity index (χ3v) is 6.63. The molecule has 108 valence electrons. The van der Waals surface area contributed by atoms with Crippen molar-refractivity contribution in [2.45, 2.75) is 24.3 Å². The van der Waals surface area contributed by atoms with E-state index >= 15 is 0 Å². The van der Waals surface area contributed by atoms with Gasteiger partial charge in [-0.2, -0.15) is 23.5 Å². The molecule has 3 rings (SSSR count). The average molecular weight is 308 g/mol. The minimum absolute atomic E-state index is 0.0776. The van der Waals surface area contributed by atoms with Crippen molar-refractivity contribution in [3.63, 3.8) is 0 Å². The van der Waals surface area contributed by atoms with Crippen molar-refractivity contribution in [2.24, 2.45) is 0 Å². The first kappa shape index (κ1) is 14.3. The fourth-order valence-electron chi connectivity index (χ4n) is 2.63. The van der Waals surface area contributed by atoms with E-state index in [0.717, 1.165) is 25.3 Å². The zero-order chi connectivity index (χ0) is 13.8. The third-order valence-electron chi connectivity index (χ3n) is 3.79. The Morgan fingerprint density at radius 3 is 2.95 bits per heavy atom. The molecular formula is C15H20N2OS2. The molecule has 0 aromatic heterocycles. The molecule has 1 saturated heterocycles. The lowest BCUT2D eigenvalue weighted by atomic mass is 9.95. The van der Waals surface area contributed by atoms with E-state index in [9.17, 15) is 4.79 Å². The smallest absolute Gasteiger partial charge is 0.237 e. The zero-order valence-electron chi connectivity index (χ0n) is 11.4. The Morgan fingerprint density at radius 1 is 1.30 bits per heavy atom. The van der Waals surface area contributed by atoms with Gasteiger partial charge in [-0.05, 0) is 17.5 Å². The van der Waals surface area contributed by atoms with Crippen LogP contribution < -0.4 is 10.6 Å². The SMILES string of the molecule is O=C(NCC1CSCCS1)[C@@H]1Cc2ccccc2CN1. The molecule has 0 bridgehead atoms. The van der Waals surface area contributed by atoms with E-state index in [1.165, 1.54) is 22.6 Å². The number of carbonyl (C=O) groups is 1. The topological polar surface area (TPSA) is 41.1 Å². The van der Waals surface area contributed by atoms with Gasteiger partial charge in [0.25, 0.3) is 0 Å². The van der Waals surface area contributed by atoms with Crippen LogP contribution in [0, 0.1) is 0 Å². The summed E-state index contributed by atoms with van der Waals surface area (Å²) in [7, 11) is 0. The van der Waals surface area contributed by atoms with Gasteiger partial charge in [0, 0.05) is 35.6 Å². The second kappa shape index (κ2) is 6.87. The summed E-state index contributed by atoms with van der Waals surface area (Å²) >= 11 is 3.98. The summed E-state index contributed by atoms with van der Waals surface area (Å²) in [6.45, 7) is 1.60. The van der Waals surface area contributed by atoms with Crippen LogP contribution in [0.3, 0.4) is 0 Å². The molecule has 1 aromatic carbocycles. The predicted molar refractivity (Wildman–Crippen MR) is 87.4 cm³/mol. The van der Waals surface area contributed by atoms with Crippen molar-refractivity contribution in [3.05, 3.63) is 35.4 Å². The van der Waals surface area contributed by atoms with Crippen LogP contribution in [0.1, 0.15) is 11.1 Å². The van der Waals surface area contributed by atoms with Crippen LogP contribution in [-0.4, -0.2) is 41.0 Å². The van der Waals surface area contributed by atoms with Gasteiger partial charge in [0.15, 0.2) is 0 Å². The Morgan fingerprint density at radius 2 is 2.15 bits per heavy atom. The summed E-state index contributed by atoms with van der Waals surface area (Å²) in [6.07, 6.45) is 0.800. The molecule has 0 spiro atoms. The highest BCUT2D eigenvalue weighted by Gasteiger charge is 2.24. The molecule has 2 aliphatic rings. The first-order valence-corrected chi connectivity index (χ1v) is 9.30. The number of fused-ring (bicyclic) bond motifs is 1. The van der Waals surface area contributed by atoms with Gasteiger partial charge in [-0.15, -0.1) is 0 Å². The molecule has 1 unspecified atom stereocenters. The van der Waals surface area contributed by atoms with Gasteiger partial charge in [-0.1, -0.05) is 24.3 Å². The lowest BCUT2D eigenvalue weighted by Crippen LogP contribution is -2.49. The number of thioether (sulfide) groups is 2. The zero-order valence-corrected chi connectivity index (χ0v) is 13.1. The van der Waals surface area contributed by atoms with Crippen LogP contribution in [0.4, 0.5) is 0 Å². The van der Waals surface area contributed by atoms with E-state index in [1.807, 2.05) is 23.5 Å². The highest BCUT2D eigenvalue weighted by atomic mass is 32.2. The summed E-state index contributed by atoms with van der Waals surface area (Å²) in [6, 6.07) is 8.29. The van der Waals surface area contributed by atoms with Gasteiger partial charge < -0.3 is 10.6 Å². The van der Waals surface area contributed by atoms with Crippen molar-refractivity contribution in [3.8, 4) is 0 Å². The number of amides is 1. The van der Waals surface area contributed by atoms with Crippen molar-refractivity contribution in [2.75, 3.05) is 23.8 Å². The highest BCUT2D eigenvalue weighted by molar-refractivity contribution is 8.06. The van der Waals surface area contributed by atoms with E-state index in [0.29, 0.717) is 5.25 Å². The van der Waals surface area contributed by atoms with Crippen LogP contribution in [0.15, 0.2) is 24.3 Å². The molecule has 0 saturated carbocycles. The molecule has 1 amide bonds. The molecule has 5 heteroatoms. The number of nitrogens with one attached hydrogen (secondary N) is 2. The van der Waals surface area contributed by atoms with E-state index in [-0.39, 0.29) is 11.9 Å². The molecular weight excluding hydrogens is 288 g/mol. The van der Waals surface area contributed by atoms with Crippen LogP contribution in [0.2, 0.25) is 0 Å². The Labute approximate surface area is 128 Å². The average Bonchev–Trinajstić information content (AvgIpc) is 2.53. The molecule has 2 heterocycles. The highest BCUT2D eigenvalue weighted by Crippen LogP contribution is 2.23. The molecule has 0 radical (unpaired) electrons. The van der Waals surface area contributed by atoms with Crippen LogP contribution in [0.5, 0.6) is 0 Å². The Hall–Kier alpha value is -0.650. The van der Waals surface area contributed by atoms with E-state index in [1.54, 1.807) is 0 Å². The first-order valence-electron chi connectivity index (χ1n) is 7.10. The summed E-state index contributed by atoms with van der Waals surface area (Å²) in [5, 5.41) is 7.03. The predicted octanol–water partition coefficient (Wildman–Crippen LogP) is 1.67. The van der Waals surface area contributed by atoms with E-state index in [2.05, 4.69) is 34.9 Å². The molecule has 2 aliphatic heterocycles. The minimum atomic E-state index is -0.0776. The monoisotopic (exact) mass is 308 g/mol. The van der Waals surface area contributed by atoms with Gasteiger partial charge in [-0.3, -0.25) is 4.79 Å². The van der Waals surface area contributed by atoms with E-state index in [4.69, 9.17) is 0 Å². The van der Waals surface area contributed by atoms with Gasteiger partial charge in [-0.25, -0.2) is 0 Å². The molecule has 0 aliphatic carbocycles. The number of rotatable bonds is 3. The van der Waals surface area contributed by atoms with Gasteiger partial charge in [0.05, 0.1) is 6.04 Å². The molecule has 2 atom stereocenters. The van der Waals surface area contributed by atoms with Crippen LogP contribution in [0.25, 0.3) is 0 Å². The van der Waals surface area contributed by atoms with Crippen LogP contribution >= 0.6 is 23.5 Å². The lowest BCUT2D eigenvalue weighted by molar-refractivity contribution is -0.123. The number of hydrogen-bond acceptors (Lipinski definition) is 4. The summed E-state index contributed by atoms with van der Waals surface area (Å²) in [5.74, 6) is 3.76. The van der Waals surface area contributed by atoms with Crippen molar-refractivity contribution >= 4 is 29.4 Å². The number of carbonyl (C=O) groups excluding carboxylic acids is 1. The lowest BCUT2D eigenvalue weighted by Gasteiger charge is -2.27. The third kappa shape index (κ3) is 3.51. The molecule has 20 heavy (non-hydrogen) atoms. The quantitative estimate of drug-likeness (QED) is 0.891. The van der Waals surface area contributed by atoms with Crippen LogP contribution in [-0.2, 0) is 17.8 Å². The maximum Gasteiger partial charge on any atom is 0.237 e. The first-order chi connectivity index (χ1) is 9.83. The van der Waals surface area contributed by atoms with Crippen molar-refractivity contribution < 1.29 is 4.79 Å². The number of benzene rings is 1. The molecule has 1 aromatic rings. The maximum atomic E-state index is 12.3. The van der Waals surface area contributed by atoms with E-state index < -0.39 is 0 Å². The molecule has 3 nitrogen and oxygen atoms in total. The Kier molecular flexibility index (Phi) is 4.91. The number of hydrogen-bond donors (Lipinski definition) is 2. The Bertz CT molecular complexity index is 475. The summed E-state index contributed by atoms with van der Waals surface area (Å²) in [4.78, 5) is 12.3. The Balaban J connectivity index is 1.51. The van der Waals surface area contributed by atoms with Gasteiger partial charge in [0.1, 0.15) is 0 Å². The second-order valence-corrected chi connectivity index (χ2v) is 7.78. The summed E-state index contributed by atoms with van der Waals surface area (Å²) in [5.41, 5.74) is 2.62. The minimum Gasteiger partial charge on any atom is -0.354 e. The largest absolute Gasteiger partial charge is 0.354 e. The molecule has 2 N–H and O–H groups in total. The van der Waals surface area contributed by atoms with Crippen molar-refractivity contribution in [1.82, 2.24) is 10.6 Å². The fourth-order valence-corrected chi connectivity index (χ4v) is 5.24. The molecule has 1 fully saturated rings. The fraction of sp³-hybridized carbons (Fsp3) is 0.533. The second-order valence-electron chi connectivity index (χ2n) is 5.22. The standard InChI is InChI=1S/C15H20N2OS2/c18-15(17-9-13-10-19-5-6-20-13)14-7-11-3-1-2-4-12(11)8-16-14/h1-4,13-14,16H,5-10H2,(H,17,18)/t13?,14-/m0/s1. The summed E-state index contributed by atoms with van der Waals surface area (Å²) < 4.78 is 0. The van der Waals surface area contributed by atoms with Gasteiger partial charge >= 0.3 is 0 Å². The normalized spacial score (nSPS) is 25.8. The maximum absolute atomic E-state index is 12.3. The van der Waals surface area contributed by atoms with Crippen molar-refractivity contribution in [1.29, 1.82) is 0 Å². The van der Waals surface area contributed by atoms with Gasteiger partial charge in [0.2, 0.25) is 5.91 Å².